The first-order chi connectivity index (χ1) is 19.6. The van der Waals surface area contributed by atoms with Gasteiger partial charge in [0, 0.05) is 16.8 Å². The monoisotopic (exact) mass is 527 g/mol. The lowest BCUT2D eigenvalue weighted by Crippen LogP contribution is -2.33. The normalized spacial score (nSPS) is 22.7. The van der Waals surface area contributed by atoms with Crippen LogP contribution in [0.1, 0.15) is 119 Å². The lowest BCUT2D eigenvalue weighted by molar-refractivity contribution is 0.443. The molecule has 0 radical (unpaired) electrons. The summed E-state index contributed by atoms with van der Waals surface area (Å²) in [6.45, 7) is 4.85. The molecule has 0 spiro atoms. The molecule has 0 aliphatic heterocycles. The average molecular weight is 528 g/mol. The third-order valence-electron chi connectivity index (χ3n) is 10.7. The van der Waals surface area contributed by atoms with Crippen LogP contribution in [0, 0.1) is 0 Å². The maximum Gasteiger partial charge on any atom is 0.0563 e. The van der Waals surface area contributed by atoms with Crippen LogP contribution in [0.3, 0.4) is 0 Å². The Morgan fingerprint density at radius 3 is 1.70 bits per heavy atom. The van der Waals surface area contributed by atoms with Crippen molar-refractivity contribution >= 4 is 16.9 Å². The van der Waals surface area contributed by atoms with E-state index in [9.17, 15) is 0 Å². The van der Waals surface area contributed by atoms with Crippen LogP contribution in [0.5, 0.6) is 0 Å². The van der Waals surface area contributed by atoms with Gasteiger partial charge in [0.1, 0.15) is 0 Å². The summed E-state index contributed by atoms with van der Waals surface area (Å²) >= 11 is 0. The van der Waals surface area contributed by atoms with Gasteiger partial charge in [-0.2, -0.15) is 0 Å². The number of benzene rings is 3. The van der Waals surface area contributed by atoms with E-state index in [1.807, 2.05) is 0 Å². The van der Waals surface area contributed by atoms with Crippen LogP contribution in [-0.4, -0.2) is 6.04 Å². The van der Waals surface area contributed by atoms with E-state index in [0.717, 1.165) is 18.3 Å². The molecule has 1 heteroatoms. The average Bonchev–Trinajstić information content (AvgIpc) is 3.25. The lowest BCUT2D eigenvalue weighted by Gasteiger charge is -2.37. The third-order valence-corrected chi connectivity index (χ3v) is 10.7. The molecule has 0 heterocycles. The molecule has 3 aromatic rings. The van der Waals surface area contributed by atoms with Crippen molar-refractivity contribution in [2.45, 2.75) is 108 Å². The van der Waals surface area contributed by atoms with Crippen LogP contribution in [0.25, 0.3) is 5.57 Å². The Labute approximate surface area is 242 Å². The van der Waals surface area contributed by atoms with E-state index >= 15 is 0 Å². The topological polar surface area (TPSA) is 3.24 Å². The summed E-state index contributed by atoms with van der Waals surface area (Å²) in [5, 5.41) is 0. The molecule has 4 aliphatic rings. The molecular formula is C39H45N. The molecule has 1 unspecified atom stereocenters. The highest BCUT2D eigenvalue weighted by atomic mass is 15.2. The van der Waals surface area contributed by atoms with Crippen LogP contribution in [0.4, 0.5) is 11.4 Å². The van der Waals surface area contributed by atoms with Crippen molar-refractivity contribution in [2.75, 3.05) is 4.90 Å². The van der Waals surface area contributed by atoms with E-state index in [2.05, 4.69) is 104 Å². The Morgan fingerprint density at radius 2 is 1.15 bits per heavy atom. The zero-order chi connectivity index (χ0) is 27.1. The van der Waals surface area contributed by atoms with Crippen molar-refractivity contribution in [3.63, 3.8) is 0 Å². The lowest BCUT2D eigenvalue weighted by atomic mass is 9.77. The maximum atomic E-state index is 2.62. The number of anilines is 2. The molecule has 1 atom stereocenters. The number of allylic oxidation sites excluding steroid dienone is 2. The second kappa shape index (κ2) is 10.7. The smallest absolute Gasteiger partial charge is 0.0563 e. The third kappa shape index (κ3) is 4.66. The summed E-state index contributed by atoms with van der Waals surface area (Å²) in [7, 11) is 0. The summed E-state index contributed by atoms with van der Waals surface area (Å²) < 4.78 is 0. The van der Waals surface area contributed by atoms with Gasteiger partial charge >= 0.3 is 0 Å². The quantitative estimate of drug-likeness (QED) is 0.319. The van der Waals surface area contributed by atoms with Gasteiger partial charge in [-0.1, -0.05) is 113 Å². The molecule has 0 aromatic heterocycles. The van der Waals surface area contributed by atoms with Crippen LogP contribution >= 0.6 is 0 Å². The molecule has 0 bridgehead atoms. The van der Waals surface area contributed by atoms with Gasteiger partial charge in [0.15, 0.2) is 0 Å². The molecule has 2 saturated carbocycles. The van der Waals surface area contributed by atoms with Crippen LogP contribution < -0.4 is 4.90 Å². The van der Waals surface area contributed by atoms with Gasteiger partial charge in [0.05, 0.1) is 6.04 Å². The van der Waals surface area contributed by atoms with Gasteiger partial charge in [0.25, 0.3) is 0 Å². The second-order valence-electron chi connectivity index (χ2n) is 13.4. The fraction of sp³-hybridized carbons (Fsp3) is 0.436. The first kappa shape index (κ1) is 25.9. The SMILES string of the molecule is CC1(C)C2=C(C=CC(N(c3ccc(C4CCCCC4)cc3)c3ccc(C4CCCCC4)cc3)C2)c2ccccc21. The van der Waals surface area contributed by atoms with Gasteiger partial charge in [-0.15, -0.1) is 0 Å². The Balaban J connectivity index is 1.22. The molecule has 0 amide bonds. The minimum atomic E-state index is 0.0658. The largest absolute Gasteiger partial charge is 0.334 e. The van der Waals surface area contributed by atoms with Crippen molar-refractivity contribution in [1.82, 2.24) is 0 Å². The zero-order valence-electron chi connectivity index (χ0n) is 24.5. The van der Waals surface area contributed by atoms with Gasteiger partial charge in [-0.25, -0.2) is 0 Å². The standard InChI is InChI=1S/C39H45N/c1-39(2)37-16-10-9-15-35(37)36-26-25-34(27-38(36)39)40(32-21-17-30(18-22-32)28-11-5-3-6-12-28)33-23-19-31(20-24-33)29-13-7-4-8-14-29/h9-10,15-26,28-29,34H,3-8,11-14,27H2,1-2H3. The molecule has 4 aliphatic carbocycles. The zero-order valence-corrected chi connectivity index (χ0v) is 24.5. The molecule has 0 saturated heterocycles. The fourth-order valence-corrected chi connectivity index (χ4v) is 8.36. The number of hydrogen-bond donors (Lipinski definition) is 0. The van der Waals surface area contributed by atoms with Gasteiger partial charge in [-0.3, -0.25) is 0 Å². The van der Waals surface area contributed by atoms with E-state index in [0.29, 0.717) is 6.04 Å². The molecule has 40 heavy (non-hydrogen) atoms. The number of nitrogens with zero attached hydrogens (tertiary/aromatic N) is 1. The predicted molar refractivity (Wildman–Crippen MR) is 171 cm³/mol. The highest BCUT2D eigenvalue weighted by molar-refractivity contribution is 5.87. The molecule has 206 valence electrons. The summed E-state index contributed by atoms with van der Waals surface area (Å²) in [5.41, 5.74) is 11.7. The van der Waals surface area contributed by atoms with Crippen LogP contribution in [0.2, 0.25) is 0 Å². The van der Waals surface area contributed by atoms with Gasteiger partial charge < -0.3 is 4.90 Å². The van der Waals surface area contributed by atoms with Crippen molar-refractivity contribution in [3.8, 4) is 0 Å². The van der Waals surface area contributed by atoms with Crippen molar-refractivity contribution in [3.05, 3.63) is 113 Å². The summed E-state index contributed by atoms with van der Waals surface area (Å²) in [6.07, 6.45) is 19.7. The van der Waals surface area contributed by atoms with E-state index < -0.39 is 0 Å². The molecule has 7 rings (SSSR count). The minimum Gasteiger partial charge on any atom is -0.334 e. The van der Waals surface area contributed by atoms with Crippen LogP contribution in [-0.2, 0) is 5.41 Å². The summed E-state index contributed by atoms with van der Waals surface area (Å²) in [6, 6.07) is 28.7. The molecule has 1 nitrogen and oxygen atoms in total. The van der Waals surface area contributed by atoms with E-state index in [1.165, 1.54) is 103 Å². The first-order valence-corrected chi connectivity index (χ1v) is 16.1. The van der Waals surface area contributed by atoms with Gasteiger partial charge in [-0.05, 0) is 102 Å². The predicted octanol–water partition coefficient (Wildman–Crippen LogP) is 11.0. The Kier molecular flexibility index (Phi) is 6.94. The summed E-state index contributed by atoms with van der Waals surface area (Å²) in [4.78, 5) is 2.62. The van der Waals surface area contributed by atoms with Crippen molar-refractivity contribution in [2.24, 2.45) is 0 Å². The first-order valence-electron chi connectivity index (χ1n) is 16.1. The Bertz CT molecular complexity index is 1330. The summed E-state index contributed by atoms with van der Waals surface area (Å²) in [5.74, 6) is 1.48. The highest BCUT2D eigenvalue weighted by Gasteiger charge is 2.40. The van der Waals surface area contributed by atoms with Crippen molar-refractivity contribution < 1.29 is 0 Å². The van der Waals surface area contributed by atoms with E-state index in [1.54, 1.807) is 5.57 Å². The minimum absolute atomic E-state index is 0.0658. The van der Waals surface area contributed by atoms with Gasteiger partial charge in [0.2, 0.25) is 0 Å². The molecule has 2 fully saturated rings. The number of rotatable bonds is 5. The van der Waals surface area contributed by atoms with Crippen molar-refractivity contribution in [1.29, 1.82) is 0 Å². The number of hydrogen-bond acceptors (Lipinski definition) is 1. The molecular weight excluding hydrogens is 482 g/mol. The fourth-order valence-electron chi connectivity index (χ4n) is 8.36. The second-order valence-corrected chi connectivity index (χ2v) is 13.4. The number of fused-ring (bicyclic) bond motifs is 2. The highest BCUT2D eigenvalue weighted by Crippen LogP contribution is 2.51. The molecule has 3 aromatic carbocycles. The van der Waals surface area contributed by atoms with Crippen LogP contribution in [0.15, 0.2) is 90.5 Å². The molecule has 0 N–H and O–H groups in total. The maximum absolute atomic E-state index is 2.62. The van der Waals surface area contributed by atoms with E-state index in [-0.39, 0.29) is 5.41 Å². The Hall–Kier alpha value is -3.06. The van der Waals surface area contributed by atoms with E-state index in [4.69, 9.17) is 0 Å². The Morgan fingerprint density at radius 1 is 0.625 bits per heavy atom.